The van der Waals surface area contributed by atoms with Crippen LogP contribution >= 0.6 is 0 Å². The number of hydrogen-bond acceptors (Lipinski definition) is 4. The lowest BCUT2D eigenvalue weighted by Gasteiger charge is -2.05. The zero-order valence-corrected chi connectivity index (χ0v) is 20.1. The molecule has 6 aromatic heterocycles. The topological polar surface area (TPSA) is 69.2 Å². The molecule has 6 heterocycles. The largest absolute Gasteiger partial charge is 0.346 e. The van der Waals surface area contributed by atoms with Gasteiger partial charge in [0.2, 0.25) is 12.7 Å². The second kappa shape index (κ2) is 10.3. The Kier molecular flexibility index (Phi) is 6.28. The van der Waals surface area contributed by atoms with Crippen molar-refractivity contribution in [3.63, 3.8) is 0 Å². The quantitative estimate of drug-likeness (QED) is 0.246. The first-order valence-corrected chi connectivity index (χ1v) is 12.0. The lowest BCUT2D eigenvalue weighted by Crippen LogP contribution is -2.38. The molecule has 0 N–H and O–H groups in total. The van der Waals surface area contributed by atoms with E-state index in [1.165, 1.54) is 0 Å². The standard InChI is InChI=1S/C29H24N8/c1-3-13-30-26(9-1)28-11-5-7-24(32-28)19-34-15-17-36(21-34)23-37-18-16-35(22-37)20-25-8-6-12-29(33-25)27-10-2-4-14-31-27/h1-18H,19-20,23H2. The fourth-order valence-electron chi connectivity index (χ4n) is 4.08. The van der Waals surface area contributed by atoms with Crippen LogP contribution in [0.1, 0.15) is 11.4 Å². The smallest absolute Gasteiger partial charge is 0.207 e. The van der Waals surface area contributed by atoms with Gasteiger partial charge in [0.25, 0.3) is 0 Å². The summed E-state index contributed by atoms with van der Waals surface area (Å²) in [6, 6.07) is 23.7. The Labute approximate surface area is 214 Å². The third-order valence-electron chi connectivity index (χ3n) is 5.80. The summed E-state index contributed by atoms with van der Waals surface area (Å²) in [5.41, 5.74) is 5.37. The van der Waals surface area contributed by atoms with Crippen LogP contribution in [-0.2, 0) is 19.8 Å². The minimum absolute atomic E-state index is 0.600. The van der Waals surface area contributed by atoms with Gasteiger partial charge in [0.15, 0.2) is 6.67 Å². The summed E-state index contributed by atoms with van der Waals surface area (Å²) < 4.78 is 7.97. The van der Waals surface area contributed by atoms with Crippen molar-refractivity contribution in [2.24, 2.45) is 0 Å². The zero-order chi connectivity index (χ0) is 24.9. The van der Waals surface area contributed by atoms with Gasteiger partial charge in [-0.1, -0.05) is 24.3 Å². The van der Waals surface area contributed by atoms with E-state index >= 15 is 0 Å². The SMILES string of the molecule is [c-]1n(C[n+]2[c-]n(Cc3cccc(-c4ccccn4)n3)cc2)cc[n+]1Cc1cccc(-c2ccccn2)n1. The molecule has 0 radical (unpaired) electrons. The predicted octanol–water partition coefficient (Wildman–Crippen LogP) is 2.98. The molecule has 0 bridgehead atoms. The number of pyridine rings is 4. The van der Waals surface area contributed by atoms with E-state index in [1.807, 2.05) is 116 Å². The zero-order valence-electron chi connectivity index (χ0n) is 20.1. The van der Waals surface area contributed by atoms with Crippen LogP contribution in [0, 0.1) is 12.7 Å². The minimum atomic E-state index is 0.600. The van der Waals surface area contributed by atoms with Crippen molar-refractivity contribution in [2.75, 3.05) is 0 Å². The van der Waals surface area contributed by atoms with Crippen molar-refractivity contribution in [1.82, 2.24) is 29.1 Å². The van der Waals surface area contributed by atoms with E-state index in [-0.39, 0.29) is 0 Å². The molecule has 6 aromatic rings. The van der Waals surface area contributed by atoms with Crippen LogP contribution in [0.4, 0.5) is 0 Å². The average molecular weight is 485 g/mol. The van der Waals surface area contributed by atoms with E-state index < -0.39 is 0 Å². The maximum absolute atomic E-state index is 4.76. The highest BCUT2D eigenvalue weighted by molar-refractivity contribution is 5.54. The third-order valence-corrected chi connectivity index (χ3v) is 5.80. The fraction of sp³-hybridized carbons (Fsp3) is 0.103. The van der Waals surface area contributed by atoms with Gasteiger partial charge in [0.05, 0.1) is 34.2 Å². The molecule has 0 aliphatic rings. The number of imidazole rings is 2. The van der Waals surface area contributed by atoms with Crippen LogP contribution < -0.4 is 9.13 Å². The Balaban J connectivity index is 1.10. The van der Waals surface area contributed by atoms with E-state index in [0.717, 1.165) is 34.2 Å². The number of aromatic nitrogens is 8. The predicted molar refractivity (Wildman–Crippen MR) is 135 cm³/mol. The molecule has 0 spiro atoms. The molecule has 0 unspecified atom stereocenters. The summed E-state index contributed by atoms with van der Waals surface area (Å²) in [6.07, 6.45) is 18.3. The maximum Gasteiger partial charge on any atom is 0.207 e. The molecule has 37 heavy (non-hydrogen) atoms. The minimum Gasteiger partial charge on any atom is -0.346 e. The molecule has 8 heteroatoms. The first-order chi connectivity index (χ1) is 18.3. The summed E-state index contributed by atoms with van der Waals surface area (Å²) in [4.78, 5) is 18.3. The number of rotatable bonds is 8. The summed E-state index contributed by atoms with van der Waals surface area (Å²) in [5.74, 6) is 0. The Morgan fingerprint density at radius 3 is 1.89 bits per heavy atom. The lowest BCUT2D eigenvalue weighted by molar-refractivity contribution is -0.714. The average Bonchev–Trinajstić information content (AvgIpc) is 3.59. The first kappa shape index (κ1) is 22.5. The van der Waals surface area contributed by atoms with Gasteiger partial charge in [0, 0.05) is 12.4 Å². The van der Waals surface area contributed by atoms with E-state index in [1.54, 1.807) is 12.4 Å². The van der Waals surface area contributed by atoms with Gasteiger partial charge in [-0.05, 0) is 73.3 Å². The van der Waals surface area contributed by atoms with Gasteiger partial charge in [0.1, 0.15) is 13.1 Å². The van der Waals surface area contributed by atoms with Gasteiger partial charge in [-0.15, -0.1) is 0 Å². The molecular formula is C29H24N8. The number of hydrogen-bond donors (Lipinski definition) is 0. The van der Waals surface area contributed by atoms with E-state index in [4.69, 9.17) is 9.97 Å². The highest BCUT2D eigenvalue weighted by Gasteiger charge is 2.07. The molecule has 6 rings (SSSR count). The first-order valence-electron chi connectivity index (χ1n) is 12.0. The normalized spacial score (nSPS) is 11.0. The number of nitrogens with zero attached hydrogens (tertiary/aromatic N) is 8. The molecule has 0 aromatic carbocycles. The third kappa shape index (κ3) is 5.48. The van der Waals surface area contributed by atoms with Crippen molar-refractivity contribution < 1.29 is 9.13 Å². The molecule has 0 fully saturated rings. The second-order valence-corrected chi connectivity index (χ2v) is 8.59. The van der Waals surface area contributed by atoms with Crippen LogP contribution in [-0.4, -0.2) is 29.1 Å². The van der Waals surface area contributed by atoms with Gasteiger partial charge in [-0.3, -0.25) is 9.97 Å². The van der Waals surface area contributed by atoms with E-state index in [9.17, 15) is 0 Å². The summed E-state index contributed by atoms with van der Waals surface area (Å²) in [5, 5.41) is 0. The monoisotopic (exact) mass is 484 g/mol. The highest BCUT2D eigenvalue weighted by atomic mass is 15.2. The van der Waals surface area contributed by atoms with Crippen LogP contribution in [0.5, 0.6) is 0 Å². The Morgan fingerprint density at radius 1 is 0.595 bits per heavy atom. The van der Waals surface area contributed by atoms with Crippen LogP contribution in [0.2, 0.25) is 0 Å². The molecule has 0 saturated heterocycles. The Hall–Kier alpha value is -4.98. The second-order valence-electron chi connectivity index (χ2n) is 8.59. The molecule has 0 amide bonds. The molecule has 0 atom stereocenters. The maximum atomic E-state index is 4.76. The van der Waals surface area contributed by atoms with Crippen LogP contribution in [0.3, 0.4) is 0 Å². The molecule has 180 valence electrons. The van der Waals surface area contributed by atoms with E-state index in [0.29, 0.717) is 19.8 Å². The van der Waals surface area contributed by atoms with Gasteiger partial charge < -0.3 is 18.3 Å². The summed E-state index contributed by atoms with van der Waals surface area (Å²) in [6.45, 7) is 1.85. The van der Waals surface area contributed by atoms with Crippen LogP contribution in [0.15, 0.2) is 110 Å². The van der Waals surface area contributed by atoms with Gasteiger partial charge in [-0.25, -0.2) is 9.97 Å². The molecule has 0 aliphatic heterocycles. The van der Waals surface area contributed by atoms with Crippen molar-refractivity contribution in [3.05, 3.63) is 134 Å². The Morgan fingerprint density at radius 2 is 1.19 bits per heavy atom. The lowest BCUT2D eigenvalue weighted by atomic mass is 10.2. The molecule has 8 nitrogen and oxygen atoms in total. The fourth-order valence-corrected chi connectivity index (χ4v) is 4.08. The summed E-state index contributed by atoms with van der Waals surface area (Å²) >= 11 is 0. The van der Waals surface area contributed by atoms with Gasteiger partial charge >= 0.3 is 0 Å². The molecule has 0 saturated carbocycles. The highest BCUT2D eigenvalue weighted by Crippen LogP contribution is 2.15. The van der Waals surface area contributed by atoms with Crippen LogP contribution in [0.25, 0.3) is 22.8 Å². The van der Waals surface area contributed by atoms with E-state index in [2.05, 4.69) is 22.6 Å². The van der Waals surface area contributed by atoms with Gasteiger partial charge in [-0.2, -0.15) is 0 Å². The Bertz CT molecular complexity index is 1480. The molecular weight excluding hydrogens is 460 g/mol. The van der Waals surface area contributed by atoms with Crippen molar-refractivity contribution >= 4 is 0 Å². The van der Waals surface area contributed by atoms with Crippen molar-refractivity contribution in [2.45, 2.75) is 19.8 Å². The summed E-state index contributed by atoms with van der Waals surface area (Å²) in [7, 11) is 0. The van der Waals surface area contributed by atoms with Crippen molar-refractivity contribution in [3.8, 4) is 22.8 Å². The van der Waals surface area contributed by atoms with Crippen molar-refractivity contribution in [1.29, 1.82) is 0 Å². The molecule has 0 aliphatic carbocycles.